The third-order valence-electron chi connectivity index (χ3n) is 7.03. The van der Waals surface area contributed by atoms with Crippen LogP contribution in [-0.2, 0) is 27.3 Å². The zero-order valence-electron chi connectivity index (χ0n) is 22.5. The monoisotopic (exact) mass is 535 g/mol. The average Bonchev–Trinajstić information content (AvgIpc) is 3.25. The summed E-state index contributed by atoms with van der Waals surface area (Å²) >= 11 is 0. The lowest BCUT2D eigenvalue weighted by atomic mass is 10.0. The van der Waals surface area contributed by atoms with Gasteiger partial charge in [0, 0.05) is 31.5 Å². The molecule has 2 heterocycles. The number of amides is 4. The second-order valence-electron chi connectivity index (χ2n) is 9.91. The fourth-order valence-electron chi connectivity index (χ4n) is 4.90. The zero-order chi connectivity index (χ0) is 27.6. The van der Waals surface area contributed by atoms with Gasteiger partial charge in [-0.3, -0.25) is 24.5 Å². The molecule has 0 saturated carbocycles. The molecule has 2 N–H and O–H groups in total. The number of nitrogens with zero attached hydrogens (tertiary/aromatic N) is 1. The molecule has 9 nitrogen and oxygen atoms in total. The fraction of sp³-hybridized carbons (Fsp3) is 0.467. The average molecular weight is 536 g/mol. The van der Waals surface area contributed by atoms with Crippen LogP contribution in [-0.4, -0.2) is 54.3 Å². The number of benzene rings is 2. The number of fused-ring (bicyclic) bond motifs is 1. The third kappa shape index (κ3) is 7.81. The summed E-state index contributed by atoms with van der Waals surface area (Å²) in [4.78, 5) is 50.0. The molecule has 4 amide bonds. The Hall–Kier alpha value is -3.88. The summed E-state index contributed by atoms with van der Waals surface area (Å²) in [6.07, 6.45) is 5.58. The summed E-state index contributed by atoms with van der Waals surface area (Å²) in [6, 6.07) is 12.6. The molecule has 0 bridgehead atoms. The smallest absolute Gasteiger partial charge is 0.255 e. The van der Waals surface area contributed by atoms with Crippen molar-refractivity contribution in [3.05, 3.63) is 59.2 Å². The maximum absolute atomic E-state index is 12.8. The predicted molar refractivity (Wildman–Crippen MR) is 145 cm³/mol. The van der Waals surface area contributed by atoms with Crippen LogP contribution < -0.4 is 20.1 Å². The van der Waals surface area contributed by atoms with Gasteiger partial charge in [0.25, 0.3) is 5.91 Å². The van der Waals surface area contributed by atoms with E-state index in [4.69, 9.17) is 9.47 Å². The van der Waals surface area contributed by atoms with Crippen LogP contribution in [0.4, 0.5) is 0 Å². The summed E-state index contributed by atoms with van der Waals surface area (Å²) in [5.74, 6) is 0.724. The Morgan fingerprint density at radius 1 is 1.00 bits per heavy atom. The van der Waals surface area contributed by atoms with E-state index in [-0.39, 0.29) is 24.1 Å². The molecule has 39 heavy (non-hydrogen) atoms. The number of nitrogens with one attached hydrogen (secondary N) is 2. The molecule has 2 aromatic carbocycles. The van der Waals surface area contributed by atoms with Crippen LogP contribution in [0.1, 0.15) is 73.4 Å². The van der Waals surface area contributed by atoms with Crippen LogP contribution in [0.5, 0.6) is 11.5 Å². The van der Waals surface area contributed by atoms with Crippen molar-refractivity contribution in [1.82, 2.24) is 15.5 Å². The van der Waals surface area contributed by atoms with Gasteiger partial charge in [-0.15, -0.1) is 0 Å². The summed E-state index contributed by atoms with van der Waals surface area (Å²) in [7, 11) is 0. The van der Waals surface area contributed by atoms with Crippen molar-refractivity contribution in [2.75, 3.05) is 19.8 Å². The molecule has 0 aliphatic carbocycles. The van der Waals surface area contributed by atoms with E-state index in [9.17, 15) is 19.2 Å². The Bertz CT molecular complexity index is 1180. The van der Waals surface area contributed by atoms with Gasteiger partial charge < -0.3 is 19.7 Å². The van der Waals surface area contributed by atoms with Crippen molar-refractivity contribution < 1.29 is 28.7 Å². The first-order chi connectivity index (χ1) is 18.9. The molecule has 0 aromatic heterocycles. The highest BCUT2D eigenvalue weighted by atomic mass is 16.5. The van der Waals surface area contributed by atoms with Crippen molar-refractivity contribution in [1.29, 1.82) is 0 Å². The molecular formula is C30H37N3O6. The van der Waals surface area contributed by atoms with Crippen LogP contribution in [0.15, 0.2) is 42.5 Å². The minimum Gasteiger partial charge on any atom is -0.494 e. The number of imide groups is 1. The number of carbonyl (C=O) groups excluding carboxylic acids is 4. The highest BCUT2D eigenvalue weighted by Crippen LogP contribution is 2.30. The number of piperidine rings is 1. The molecule has 0 spiro atoms. The largest absolute Gasteiger partial charge is 0.494 e. The lowest BCUT2D eigenvalue weighted by molar-refractivity contribution is -0.137. The number of aryl methyl sites for hydroxylation is 1. The Morgan fingerprint density at radius 3 is 2.54 bits per heavy atom. The molecule has 1 atom stereocenters. The van der Waals surface area contributed by atoms with Crippen molar-refractivity contribution in [2.24, 2.45) is 0 Å². The minimum absolute atomic E-state index is 0.0680. The summed E-state index contributed by atoms with van der Waals surface area (Å²) < 4.78 is 11.3. The number of rotatable bonds is 14. The zero-order valence-corrected chi connectivity index (χ0v) is 22.5. The first kappa shape index (κ1) is 28.1. The van der Waals surface area contributed by atoms with Gasteiger partial charge in [0.05, 0.1) is 13.2 Å². The molecule has 1 unspecified atom stereocenters. The summed E-state index contributed by atoms with van der Waals surface area (Å²) in [6.45, 7) is 4.17. The Kier molecular flexibility index (Phi) is 9.94. The normalized spacial score (nSPS) is 16.6. The first-order valence-corrected chi connectivity index (χ1v) is 13.8. The minimum atomic E-state index is -0.616. The number of hydrogen-bond donors (Lipinski definition) is 2. The number of ether oxygens (including phenoxy) is 2. The fourth-order valence-corrected chi connectivity index (χ4v) is 4.90. The van der Waals surface area contributed by atoms with Crippen molar-refractivity contribution >= 4 is 23.6 Å². The van der Waals surface area contributed by atoms with E-state index in [2.05, 4.69) is 10.6 Å². The molecule has 208 valence electrons. The highest BCUT2D eigenvalue weighted by molar-refractivity contribution is 6.05. The predicted octanol–water partition coefficient (Wildman–Crippen LogP) is 3.53. The second kappa shape index (κ2) is 13.8. The van der Waals surface area contributed by atoms with Crippen molar-refractivity contribution in [3.63, 3.8) is 0 Å². The van der Waals surface area contributed by atoms with Crippen LogP contribution in [0.2, 0.25) is 0 Å². The topological polar surface area (TPSA) is 114 Å². The third-order valence-corrected chi connectivity index (χ3v) is 7.03. The van der Waals surface area contributed by atoms with Crippen LogP contribution in [0.25, 0.3) is 0 Å². The van der Waals surface area contributed by atoms with Crippen molar-refractivity contribution in [3.8, 4) is 11.5 Å². The quantitative estimate of drug-likeness (QED) is 0.283. The van der Waals surface area contributed by atoms with E-state index in [0.717, 1.165) is 42.6 Å². The molecule has 2 aliphatic heterocycles. The number of unbranched alkanes of at least 4 members (excludes halogenated alkanes) is 3. The highest BCUT2D eigenvalue weighted by Gasteiger charge is 2.39. The van der Waals surface area contributed by atoms with Gasteiger partial charge in [0.15, 0.2) is 0 Å². The Morgan fingerprint density at radius 2 is 1.77 bits per heavy atom. The van der Waals surface area contributed by atoms with Crippen LogP contribution in [0, 0.1) is 0 Å². The standard InChI is InChI=1S/C30H37N3O6/c1-2-38-23-10-7-21(8-11-23)9-15-27(34)31-17-5-3-4-6-18-39-24-12-13-25-22(19-24)20-33(30(25)37)26-14-16-28(35)32-29(26)36/h7-8,10-13,19,26H,2-6,9,14-18,20H2,1H3,(H,31,34)(H,32,35,36). The molecule has 2 aliphatic rings. The maximum Gasteiger partial charge on any atom is 0.255 e. The van der Waals surface area contributed by atoms with Gasteiger partial charge in [0.2, 0.25) is 17.7 Å². The van der Waals surface area contributed by atoms with Crippen LogP contribution in [0.3, 0.4) is 0 Å². The molecule has 4 rings (SSSR count). The van der Waals surface area contributed by atoms with Gasteiger partial charge in [-0.2, -0.15) is 0 Å². The van der Waals surface area contributed by atoms with Gasteiger partial charge in [-0.1, -0.05) is 25.0 Å². The molecule has 9 heteroatoms. The molecular weight excluding hydrogens is 498 g/mol. The first-order valence-electron chi connectivity index (χ1n) is 13.8. The number of carbonyl (C=O) groups is 4. The van der Waals surface area contributed by atoms with Crippen molar-refractivity contribution in [2.45, 2.75) is 70.9 Å². The second-order valence-corrected chi connectivity index (χ2v) is 9.91. The van der Waals surface area contributed by atoms with E-state index in [1.807, 2.05) is 37.3 Å². The molecule has 0 radical (unpaired) electrons. The van der Waals surface area contributed by atoms with E-state index in [0.29, 0.717) is 56.9 Å². The Labute approximate surface area is 229 Å². The van der Waals surface area contributed by atoms with E-state index in [1.165, 1.54) is 4.90 Å². The van der Waals surface area contributed by atoms with Gasteiger partial charge >= 0.3 is 0 Å². The lowest BCUT2D eigenvalue weighted by Gasteiger charge is -2.29. The maximum atomic E-state index is 12.8. The van der Waals surface area contributed by atoms with Gasteiger partial charge in [0.1, 0.15) is 17.5 Å². The Balaban J connectivity index is 1.07. The van der Waals surface area contributed by atoms with Gasteiger partial charge in [-0.25, -0.2) is 0 Å². The summed E-state index contributed by atoms with van der Waals surface area (Å²) in [5, 5.41) is 5.31. The molecule has 1 fully saturated rings. The number of hydrogen-bond acceptors (Lipinski definition) is 6. The SMILES string of the molecule is CCOc1ccc(CCC(=O)NCCCCCCOc2ccc3c(c2)CN(C2CCC(=O)NC2=O)C3=O)cc1. The van der Waals surface area contributed by atoms with Gasteiger partial charge in [-0.05, 0) is 74.1 Å². The van der Waals surface area contributed by atoms with E-state index >= 15 is 0 Å². The van der Waals surface area contributed by atoms with E-state index < -0.39 is 11.9 Å². The summed E-state index contributed by atoms with van der Waals surface area (Å²) in [5.41, 5.74) is 2.53. The van der Waals surface area contributed by atoms with Crippen LogP contribution >= 0.6 is 0 Å². The lowest BCUT2D eigenvalue weighted by Crippen LogP contribution is -2.52. The molecule has 2 aromatic rings. The van der Waals surface area contributed by atoms with E-state index in [1.54, 1.807) is 12.1 Å². The molecule has 1 saturated heterocycles.